The summed E-state index contributed by atoms with van der Waals surface area (Å²) in [6.45, 7) is 7.40. The van der Waals surface area contributed by atoms with E-state index in [1.807, 2.05) is 20.8 Å². The molecule has 0 radical (unpaired) electrons. The molecule has 8 nitrogen and oxygen atoms in total. The van der Waals surface area contributed by atoms with Gasteiger partial charge in [0.05, 0.1) is 17.7 Å². The molecule has 0 saturated heterocycles. The Bertz CT molecular complexity index is 1430. The molecule has 3 rings (SSSR count). The summed E-state index contributed by atoms with van der Waals surface area (Å²) < 4.78 is 47.8. The van der Waals surface area contributed by atoms with Crippen molar-refractivity contribution < 1.29 is 27.1 Å². The van der Waals surface area contributed by atoms with Gasteiger partial charge in [0.15, 0.2) is 0 Å². The molecule has 0 aliphatic rings. The van der Waals surface area contributed by atoms with Gasteiger partial charge < -0.3 is 15.0 Å². The second-order valence-electron chi connectivity index (χ2n) is 10.2. The number of ether oxygens (including phenoxy) is 1. The molecule has 3 aromatic rings. The van der Waals surface area contributed by atoms with Crippen LogP contribution in [0.25, 0.3) is 0 Å². The van der Waals surface area contributed by atoms with Crippen LogP contribution in [0.5, 0.6) is 5.75 Å². The van der Waals surface area contributed by atoms with E-state index in [1.165, 1.54) is 54.5 Å². The van der Waals surface area contributed by atoms with Gasteiger partial charge in [-0.05, 0) is 61.2 Å². The molecule has 0 bridgehead atoms. The lowest BCUT2D eigenvalue weighted by Crippen LogP contribution is -2.52. The highest BCUT2D eigenvalue weighted by atomic mass is 32.2. The standard InChI is InChI=1S/C31H38FN3O5S/c1-6-29(31(37)33-19-22(2)3)34(20-24-12-14-25(32)15-13-24)30(36)21-35(26-8-7-9-27(18-26)40-5)41(38,39)28-16-10-23(4)11-17-28/h7-18,22,29H,6,19-21H2,1-5H3,(H,33,37)/t29-/m1/s1. The van der Waals surface area contributed by atoms with Crippen molar-refractivity contribution in [3.63, 3.8) is 0 Å². The minimum absolute atomic E-state index is 0.0107. The maximum absolute atomic E-state index is 14.1. The number of hydrogen-bond acceptors (Lipinski definition) is 5. The molecule has 0 saturated carbocycles. The molecule has 0 fully saturated rings. The molecule has 10 heteroatoms. The van der Waals surface area contributed by atoms with Crippen LogP contribution in [-0.4, -0.2) is 51.4 Å². The van der Waals surface area contributed by atoms with Crippen molar-refractivity contribution in [2.24, 2.45) is 5.92 Å². The molecule has 0 aliphatic heterocycles. The zero-order valence-electron chi connectivity index (χ0n) is 24.1. The number of rotatable bonds is 13. The number of carbonyl (C=O) groups excluding carboxylic acids is 2. The molecule has 41 heavy (non-hydrogen) atoms. The van der Waals surface area contributed by atoms with Gasteiger partial charge in [0.2, 0.25) is 11.8 Å². The van der Waals surface area contributed by atoms with Crippen LogP contribution in [0.3, 0.4) is 0 Å². The van der Waals surface area contributed by atoms with Crippen molar-refractivity contribution in [1.29, 1.82) is 0 Å². The quantitative estimate of drug-likeness (QED) is 0.308. The molecule has 220 valence electrons. The third kappa shape index (κ3) is 8.29. The first-order chi connectivity index (χ1) is 19.5. The zero-order chi connectivity index (χ0) is 30.2. The van der Waals surface area contributed by atoms with Gasteiger partial charge in [0.25, 0.3) is 10.0 Å². The molecular weight excluding hydrogens is 545 g/mol. The van der Waals surface area contributed by atoms with Crippen molar-refractivity contribution >= 4 is 27.5 Å². The third-order valence-electron chi connectivity index (χ3n) is 6.57. The average Bonchev–Trinajstić information content (AvgIpc) is 2.95. The minimum Gasteiger partial charge on any atom is -0.497 e. The van der Waals surface area contributed by atoms with Gasteiger partial charge in [-0.2, -0.15) is 0 Å². The average molecular weight is 584 g/mol. The highest BCUT2D eigenvalue weighted by Gasteiger charge is 2.33. The second kappa shape index (κ2) is 14.1. The van der Waals surface area contributed by atoms with E-state index in [2.05, 4.69) is 5.32 Å². The Kier molecular flexibility index (Phi) is 10.9. The van der Waals surface area contributed by atoms with Crippen molar-refractivity contribution in [3.05, 3.63) is 89.7 Å². The maximum Gasteiger partial charge on any atom is 0.264 e. The lowest BCUT2D eigenvalue weighted by Gasteiger charge is -2.33. The number of halogens is 1. The van der Waals surface area contributed by atoms with Gasteiger partial charge in [-0.3, -0.25) is 13.9 Å². The van der Waals surface area contributed by atoms with Crippen LogP contribution < -0.4 is 14.4 Å². The fourth-order valence-corrected chi connectivity index (χ4v) is 5.67. The van der Waals surface area contributed by atoms with E-state index in [0.29, 0.717) is 24.3 Å². The molecule has 0 heterocycles. The highest BCUT2D eigenvalue weighted by Crippen LogP contribution is 2.28. The van der Waals surface area contributed by atoms with Gasteiger partial charge in [0, 0.05) is 19.2 Å². The number of benzene rings is 3. The lowest BCUT2D eigenvalue weighted by molar-refractivity contribution is -0.140. The third-order valence-corrected chi connectivity index (χ3v) is 8.35. The largest absolute Gasteiger partial charge is 0.497 e. The molecule has 0 aliphatic carbocycles. The summed E-state index contributed by atoms with van der Waals surface area (Å²) in [5.74, 6) is -0.741. The molecule has 0 spiro atoms. The lowest BCUT2D eigenvalue weighted by atomic mass is 10.1. The molecule has 1 N–H and O–H groups in total. The molecule has 3 aromatic carbocycles. The number of methoxy groups -OCH3 is 1. The first-order valence-electron chi connectivity index (χ1n) is 13.5. The monoisotopic (exact) mass is 583 g/mol. The van der Waals surface area contributed by atoms with Crippen LogP contribution >= 0.6 is 0 Å². The van der Waals surface area contributed by atoms with Crippen LogP contribution in [0.4, 0.5) is 10.1 Å². The summed E-state index contributed by atoms with van der Waals surface area (Å²) in [6, 6.07) is 17.6. The number of anilines is 1. The predicted molar refractivity (Wildman–Crippen MR) is 158 cm³/mol. The van der Waals surface area contributed by atoms with Crippen molar-refractivity contribution in [2.75, 3.05) is 24.5 Å². The number of nitrogens with zero attached hydrogens (tertiary/aromatic N) is 2. The molecular formula is C31H38FN3O5S. The first kappa shape index (κ1) is 31.6. The SMILES string of the molecule is CC[C@H](C(=O)NCC(C)C)N(Cc1ccc(F)cc1)C(=O)CN(c1cccc(OC)c1)S(=O)(=O)c1ccc(C)cc1. The van der Waals surface area contributed by atoms with E-state index in [0.717, 1.165) is 9.87 Å². The van der Waals surface area contributed by atoms with Crippen molar-refractivity contribution in [1.82, 2.24) is 10.2 Å². The van der Waals surface area contributed by atoms with Gasteiger partial charge in [0.1, 0.15) is 24.2 Å². The Balaban J connectivity index is 2.06. The minimum atomic E-state index is -4.20. The van der Waals surface area contributed by atoms with Crippen molar-refractivity contribution in [2.45, 2.75) is 51.6 Å². The molecule has 2 amide bonds. The summed E-state index contributed by atoms with van der Waals surface area (Å²) in [7, 11) is -2.73. The van der Waals surface area contributed by atoms with Crippen molar-refractivity contribution in [3.8, 4) is 5.75 Å². The summed E-state index contributed by atoms with van der Waals surface area (Å²) in [4.78, 5) is 28.7. The van der Waals surface area contributed by atoms with E-state index < -0.39 is 34.3 Å². The van der Waals surface area contributed by atoms with Crippen LogP contribution in [0.15, 0.2) is 77.7 Å². The predicted octanol–water partition coefficient (Wildman–Crippen LogP) is 4.92. The van der Waals surface area contributed by atoms with Crippen LogP contribution in [-0.2, 0) is 26.2 Å². The Morgan fingerprint density at radius 2 is 1.66 bits per heavy atom. The Labute approximate surface area is 242 Å². The fraction of sp³-hybridized carbons (Fsp3) is 0.355. The van der Waals surface area contributed by atoms with E-state index in [-0.39, 0.29) is 29.0 Å². The van der Waals surface area contributed by atoms with Gasteiger partial charge >= 0.3 is 0 Å². The fourth-order valence-electron chi connectivity index (χ4n) is 4.26. The van der Waals surface area contributed by atoms with E-state index in [1.54, 1.807) is 37.3 Å². The Hall–Kier alpha value is -3.92. The summed E-state index contributed by atoms with van der Waals surface area (Å²) >= 11 is 0. The van der Waals surface area contributed by atoms with Crippen LogP contribution in [0, 0.1) is 18.7 Å². The number of hydrogen-bond donors (Lipinski definition) is 1. The summed E-state index contributed by atoms with van der Waals surface area (Å²) in [5.41, 5.74) is 1.72. The summed E-state index contributed by atoms with van der Waals surface area (Å²) in [5, 5.41) is 2.88. The number of amides is 2. The topological polar surface area (TPSA) is 96.0 Å². The number of sulfonamides is 1. The number of nitrogens with one attached hydrogen (secondary N) is 1. The van der Waals surface area contributed by atoms with Gasteiger partial charge in [-0.1, -0.05) is 56.7 Å². The maximum atomic E-state index is 14.1. The molecule has 0 aromatic heterocycles. The second-order valence-corrected chi connectivity index (χ2v) is 12.1. The van der Waals surface area contributed by atoms with Crippen LogP contribution in [0.1, 0.15) is 38.3 Å². The number of aryl methyl sites for hydroxylation is 1. The molecule has 0 unspecified atom stereocenters. The smallest absolute Gasteiger partial charge is 0.264 e. The Morgan fingerprint density at radius 3 is 2.24 bits per heavy atom. The van der Waals surface area contributed by atoms with Gasteiger partial charge in [-0.15, -0.1) is 0 Å². The van der Waals surface area contributed by atoms with E-state index in [9.17, 15) is 22.4 Å². The first-order valence-corrected chi connectivity index (χ1v) is 14.9. The number of carbonyl (C=O) groups is 2. The zero-order valence-corrected chi connectivity index (χ0v) is 24.9. The highest BCUT2D eigenvalue weighted by molar-refractivity contribution is 7.92. The van der Waals surface area contributed by atoms with E-state index >= 15 is 0 Å². The van der Waals surface area contributed by atoms with Gasteiger partial charge in [-0.25, -0.2) is 12.8 Å². The molecule has 1 atom stereocenters. The Morgan fingerprint density at radius 1 is 1.00 bits per heavy atom. The normalized spacial score (nSPS) is 12.1. The van der Waals surface area contributed by atoms with Crippen LogP contribution in [0.2, 0.25) is 0 Å². The summed E-state index contributed by atoms with van der Waals surface area (Å²) in [6.07, 6.45) is 0.292. The van der Waals surface area contributed by atoms with E-state index in [4.69, 9.17) is 4.74 Å².